The van der Waals surface area contributed by atoms with Crippen molar-refractivity contribution in [2.24, 2.45) is 11.7 Å². The van der Waals surface area contributed by atoms with Crippen molar-refractivity contribution in [2.45, 2.75) is 57.5 Å². The van der Waals surface area contributed by atoms with E-state index in [0.717, 1.165) is 32.4 Å². The minimum absolute atomic E-state index is 0.308. The van der Waals surface area contributed by atoms with Crippen LogP contribution in [0.3, 0.4) is 0 Å². The third-order valence-corrected chi connectivity index (χ3v) is 4.45. The highest BCUT2D eigenvalue weighted by molar-refractivity contribution is 5.76. The van der Waals surface area contributed by atoms with Gasteiger partial charge in [-0.05, 0) is 31.6 Å². The Kier molecular flexibility index (Phi) is 6.11. The predicted molar refractivity (Wildman–Crippen MR) is 75.8 cm³/mol. The fourth-order valence-electron chi connectivity index (χ4n) is 3.27. The van der Waals surface area contributed by atoms with Gasteiger partial charge in [0.25, 0.3) is 0 Å². The predicted octanol–water partition coefficient (Wildman–Crippen LogP) is 1.92. The molecule has 110 valence electrons. The summed E-state index contributed by atoms with van der Waals surface area (Å²) in [5.74, 6) is 1.01. The van der Waals surface area contributed by atoms with Gasteiger partial charge in [-0.2, -0.15) is 0 Å². The molecule has 1 saturated carbocycles. The van der Waals surface area contributed by atoms with E-state index in [1.54, 1.807) is 0 Å². The first-order valence-corrected chi connectivity index (χ1v) is 7.89. The number of hydrogen-bond donors (Lipinski definition) is 1. The van der Waals surface area contributed by atoms with Gasteiger partial charge in [0.2, 0.25) is 5.91 Å². The van der Waals surface area contributed by atoms with Gasteiger partial charge in [-0.15, -0.1) is 0 Å². The van der Waals surface area contributed by atoms with Crippen LogP contribution in [0.15, 0.2) is 0 Å². The maximum Gasteiger partial charge on any atom is 0.222 e. The maximum absolute atomic E-state index is 12.3. The van der Waals surface area contributed by atoms with E-state index in [2.05, 4.69) is 0 Å². The Morgan fingerprint density at radius 3 is 2.42 bits per heavy atom. The molecule has 2 rings (SSSR count). The van der Waals surface area contributed by atoms with Gasteiger partial charge in [-0.25, -0.2) is 0 Å². The molecule has 0 atom stereocenters. The van der Waals surface area contributed by atoms with Crippen LogP contribution in [0.25, 0.3) is 0 Å². The Balaban J connectivity index is 1.67. The number of amides is 1. The quantitative estimate of drug-likeness (QED) is 0.829. The number of nitrogens with two attached hydrogens (primary N) is 1. The van der Waals surface area contributed by atoms with Gasteiger partial charge in [0.15, 0.2) is 0 Å². The van der Waals surface area contributed by atoms with Gasteiger partial charge in [-0.3, -0.25) is 4.79 Å². The van der Waals surface area contributed by atoms with E-state index < -0.39 is 0 Å². The molecular weight excluding hydrogens is 240 g/mol. The van der Waals surface area contributed by atoms with Gasteiger partial charge in [0.1, 0.15) is 0 Å². The van der Waals surface area contributed by atoms with Gasteiger partial charge in [0, 0.05) is 26.1 Å². The molecule has 1 aliphatic carbocycles. The lowest BCUT2D eigenvalue weighted by molar-refractivity contribution is -0.135. The summed E-state index contributed by atoms with van der Waals surface area (Å²) in [5.41, 5.74) is 5.44. The molecule has 4 nitrogen and oxygen atoms in total. The maximum atomic E-state index is 12.3. The molecule has 0 unspecified atom stereocenters. The molecule has 1 amide bonds. The third kappa shape index (κ3) is 4.77. The highest BCUT2D eigenvalue weighted by Crippen LogP contribution is 2.27. The standard InChI is InChI=1S/C15H28N2O2/c16-8-11-19-14-6-9-17(10-7-14)15(18)12-13-4-2-1-3-5-13/h13-14H,1-12,16H2. The van der Waals surface area contributed by atoms with Crippen molar-refractivity contribution in [1.82, 2.24) is 4.90 Å². The Morgan fingerprint density at radius 1 is 1.11 bits per heavy atom. The molecule has 4 heteroatoms. The number of hydrogen-bond acceptors (Lipinski definition) is 3. The van der Waals surface area contributed by atoms with E-state index in [4.69, 9.17) is 10.5 Å². The normalized spacial score (nSPS) is 22.7. The van der Waals surface area contributed by atoms with E-state index in [9.17, 15) is 4.79 Å². The Bertz CT molecular complexity index is 269. The van der Waals surface area contributed by atoms with Crippen LogP contribution in [0.4, 0.5) is 0 Å². The topological polar surface area (TPSA) is 55.6 Å². The number of ether oxygens (including phenoxy) is 1. The molecule has 1 aliphatic heterocycles. The lowest BCUT2D eigenvalue weighted by atomic mass is 9.86. The molecule has 2 fully saturated rings. The summed E-state index contributed by atoms with van der Waals surface area (Å²) in [4.78, 5) is 14.3. The molecular formula is C15H28N2O2. The molecule has 19 heavy (non-hydrogen) atoms. The largest absolute Gasteiger partial charge is 0.377 e. The molecule has 1 saturated heterocycles. The Hall–Kier alpha value is -0.610. The summed E-state index contributed by atoms with van der Waals surface area (Å²) >= 11 is 0. The van der Waals surface area contributed by atoms with E-state index in [0.29, 0.717) is 31.1 Å². The molecule has 2 N–H and O–H groups in total. The van der Waals surface area contributed by atoms with Gasteiger partial charge < -0.3 is 15.4 Å². The fourth-order valence-corrected chi connectivity index (χ4v) is 3.27. The summed E-state index contributed by atoms with van der Waals surface area (Å²) in [6.45, 7) is 2.95. The molecule has 0 radical (unpaired) electrons. The molecule has 0 aromatic heterocycles. The molecule has 0 aromatic carbocycles. The van der Waals surface area contributed by atoms with Crippen LogP contribution in [0.1, 0.15) is 51.4 Å². The minimum atomic E-state index is 0.308. The lowest BCUT2D eigenvalue weighted by Crippen LogP contribution is -2.41. The summed E-state index contributed by atoms with van der Waals surface area (Å²) in [7, 11) is 0. The molecule has 0 spiro atoms. The number of carbonyl (C=O) groups is 1. The molecule has 2 aliphatic rings. The first-order valence-electron chi connectivity index (χ1n) is 7.89. The third-order valence-electron chi connectivity index (χ3n) is 4.45. The number of piperidine rings is 1. The van der Waals surface area contributed by atoms with Gasteiger partial charge in [-0.1, -0.05) is 19.3 Å². The van der Waals surface area contributed by atoms with Crippen molar-refractivity contribution >= 4 is 5.91 Å². The van der Waals surface area contributed by atoms with Crippen molar-refractivity contribution in [3.8, 4) is 0 Å². The molecule has 0 bridgehead atoms. The summed E-state index contributed by atoms with van der Waals surface area (Å²) in [6.07, 6.45) is 9.50. The summed E-state index contributed by atoms with van der Waals surface area (Å²) in [5, 5.41) is 0. The van der Waals surface area contributed by atoms with E-state index in [1.165, 1.54) is 32.1 Å². The van der Waals surface area contributed by atoms with Crippen molar-refractivity contribution in [3.05, 3.63) is 0 Å². The summed E-state index contributed by atoms with van der Waals surface area (Å²) in [6, 6.07) is 0. The zero-order valence-electron chi connectivity index (χ0n) is 12.0. The number of rotatable bonds is 5. The highest BCUT2D eigenvalue weighted by atomic mass is 16.5. The Labute approximate surface area is 116 Å². The van der Waals surface area contributed by atoms with Crippen molar-refractivity contribution in [1.29, 1.82) is 0 Å². The van der Waals surface area contributed by atoms with Crippen LogP contribution in [0, 0.1) is 5.92 Å². The van der Waals surface area contributed by atoms with Crippen LogP contribution in [-0.2, 0) is 9.53 Å². The van der Waals surface area contributed by atoms with Gasteiger partial charge in [0.05, 0.1) is 12.7 Å². The second kappa shape index (κ2) is 7.85. The average Bonchev–Trinajstić information content (AvgIpc) is 2.46. The summed E-state index contributed by atoms with van der Waals surface area (Å²) < 4.78 is 5.65. The smallest absolute Gasteiger partial charge is 0.222 e. The van der Waals surface area contributed by atoms with Crippen LogP contribution >= 0.6 is 0 Å². The van der Waals surface area contributed by atoms with Crippen molar-refractivity contribution < 1.29 is 9.53 Å². The second-order valence-corrected chi connectivity index (χ2v) is 5.95. The zero-order valence-corrected chi connectivity index (χ0v) is 12.0. The monoisotopic (exact) mass is 268 g/mol. The van der Waals surface area contributed by atoms with Gasteiger partial charge >= 0.3 is 0 Å². The van der Waals surface area contributed by atoms with E-state index in [-0.39, 0.29) is 0 Å². The fraction of sp³-hybridized carbons (Fsp3) is 0.933. The van der Waals surface area contributed by atoms with E-state index in [1.807, 2.05) is 4.90 Å². The minimum Gasteiger partial charge on any atom is -0.377 e. The first kappa shape index (κ1) is 14.8. The van der Waals surface area contributed by atoms with Crippen LogP contribution in [0.2, 0.25) is 0 Å². The second-order valence-electron chi connectivity index (χ2n) is 5.95. The highest BCUT2D eigenvalue weighted by Gasteiger charge is 2.25. The van der Waals surface area contributed by atoms with Crippen molar-refractivity contribution in [3.63, 3.8) is 0 Å². The van der Waals surface area contributed by atoms with Crippen LogP contribution in [0.5, 0.6) is 0 Å². The number of likely N-dealkylation sites (tertiary alicyclic amines) is 1. The Morgan fingerprint density at radius 2 is 1.79 bits per heavy atom. The van der Waals surface area contributed by atoms with Crippen LogP contribution in [-0.4, -0.2) is 43.2 Å². The SMILES string of the molecule is NCCOC1CCN(C(=O)CC2CCCCC2)CC1. The number of nitrogens with zero attached hydrogens (tertiary/aromatic N) is 1. The molecule has 1 heterocycles. The lowest BCUT2D eigenvalue weighted by Gasteiger charge is -2.33. The van der Waals surface area contributed by atoms with E-state index >= 15 is 0 Å². The van der Waals surface area contributed by atoms with Crippen molar-refractivity contribution in [2.75, 3.05) is 26.2 Å². The molecule has 0 aromatic rings. The number of carbonyl (C=O) groups excluding carboxylic acids is 1. The first-order chi connectivity index (χ1) is 9.29. The van der Waals surface area contributed by atoms with Crippen LogP contribution < -0.4 is 5.73 Å². The zero-order chi connectivity index (χ0) is 13.5. The average molecular weight is 268 g/mol.